The molecular formula is C19H18N4O2S. The number of hydrogen-bond acceptors (Lipinski definition) is 6. The van der Waals surface area contributed by atoms with Crippen LogP contribution in [0.25, 0.3) is 22.8 Å². The average Bonchev–Trinajstić information content (AvgIpc) is 3.40. The number of amides is 1. The number of carbonyl (C=O) groups excluding carboxylic acids is 1. The Morgan fingerprint density at radius 3 is 2.73 bits per heavy atom. The van der Waals surface area contributed by atoms with Gasteiger partial charge in [-0.2, -0.15) is 4.98 Å². The van der Waals surface area contributed by atoms with E-state index in [9.17, 15) is 4.79 Å². The molecule has 1 fully saturated rings. The van der Waals surface area contributed by atoms with Gasteiger partial charge in [-0.25, -0.2) is 4.98 Å². The van der Waals surface area contributed by atoms with E-state index in [1.54, 1.807) is 6.20 Å². The second-order valence-corrected chi connectivity index (χ2v) is 7.21. The van der Waals surface area contributed by atoms with Gasteiger partial charge in [0.2, 0.25) is 11.7 Å². The number of benzene rings is 1. The van der Waals surface area contributed by atoms with Gasteiger partial charge < -0.3 is 9.84 Å². The third kappa shape index (κ3) is 4.29. The lowest BCUT2D eigenvalue weighted by molar-refractivity contribution is -0.118. The van der Waals surface area contributed by atoms with Crippen molar-refractivity contribution in [3.05, 3.63) is 48.7 Å². The molecule has 1 saturated carbocycles. The second kappa shape index (κ2) is 7.70. The zero-order valence-corrected chi connectivity index (χ0v) is 14.9. The van der Waals surface area contributed by atoms with Gasteiger partial charge in [0.25, 0.3) is 5.89 Å². The summed E-state index contributed by atoms with van der Waals surface area (Å²) in [6.45, 7) is 0.798. The molecule has 7 heteroatoms. The summed E-state index contributed by atoms with van der Waals surface area (Å²) < 4.78 is 5.33. The molecule has 0 aliphatic heterocycles. The quantitative estimate of drug-likeness (QED) is 0.645. The smallest absolute Gasteiger partial charge is 0.259 e. The minimum atomic E-state index is 0.0529. The largest absolute Gasteiger partial charge is 0.355 e. The molecule has 0 atom stereocenters. The lowest BCUT2D eigenvalue weighted by Crippen LogP contribution is -2.27. The molecule has 3 aromatic rings. The van der Waals surface area contributed by atoms with Crippen LogP contribution >= 0.6 is 11.8 Å². The van der Waals surface area contributed by atoms with E-state index in [0.717, 1.165) is 22.7 Å². The number of hydrogen-bond donors (Lipinski definition) is 1. The van der Waals surface area contributed by atoms with Crippen LogP contribution < -0.4 is 5.32 Å². The minimum absolute atomic E-state index is 0.0529. The lowest BCUT2D eigenvalue weighted by Gasteiger charge is -2.03. The number of aromatic nitrogens is 3. The number of rotatable bonds is 7. The highest BCUT2D eigenvalue weighted by Gasteiger charge is 2.21. The molecule has 4 rings (SSSR count). The molecule has 0 unspecified atom stereocenters. The predicted octanol–water partition coefficient (Wildman–Crippen LogP) is 3.42. The van der Waals surface area contributed by atoms with Crippen LogP contribution in [0.3, 0.4) is 0 Å². The second-order valence-electron chi connectivity index (χ2n) is 6.21. The summed E-state index contributed by atoms with van der Waals surface area (Å²) >= 11 is 1.42. The molecule has 132 valence electrons. The first kappa shape index (κ1) is 16.8. The first-order chi connectivity index (χ1) is 12.8. The summed E-state index contributed by atoms with van der Waals surface area (Å²) in [6.07, 6.45) is 4.16. The van der Waals surface area contributed by atoms with Crippen molar-refractivity contribution in [1.82, 2.24) is 20.4 Å². The van der Waals surface area contributed by atoms with E-state index in [1.165, 1.54) is 24.6 Å². The first-order valence-corrected chi connectivity index (χ1v) is 9.51. The van der Waals surface area contributed by atoms with Gasteiger partial charge in [-0.05, 0) is 30.9 Å². The third-order valence-electron chi connectivity index (χ3n) is 4.08. The van der Waals surface area contributed by atoms with Crippen molar-refractivity contribution in [1.29, 1.82) is 0 Å². The van der Waals surface area contributed by atoms with Gasteiger partial charge in [0.15, 0.2) is 0 Å². The summed E-state index contributed by atoms with van der Waals surface area (Å²) in [5, 5.41) is 7.75. The maximum atomic E-state index is 11.8. The van der Waals surface area contributed by atoms with Crippen LogP contribution in [-0.2, 0) is 4.79 Å². The van der Waals surface area contributed by atoms with Gasteiger partial charge in [0, 0.05) is 18.3 Å². The van der Waals surface area contributed by atoms with Gasteiger partial charge >= 0.3 is 0 Å². The fourth-order valence-electron chi connectivity index (χ4n) is 2.41. The van der Waals surface area contributed by atoms with E-state index in [0.29, 0.717) is 23.4 Å². The highest BCUT2D eigenvalue weighted by Crippen LogP contribution is 2.27. The van der Waals surface area contributed by atoms with Crippen LogP contribution in [-0.4, -0.2) is 33.3 Å². The van der Waals surface area contributed by atoms with Crippen molar-refractivity contribution in [2.24, 2.45) is 5.92 Å². The van der Waals surface area contributed by atoms with Gasteiger partial charge in [0.1, 0.15) is 0 Å². The monoisotopic (exact) mass is 366 g/mol. The number of nitrogens with one attached hydrogen (secondary N) is 1. The summed E-state index contributed by atoms with van der Waals surface area (Å²) in [6, 6.07) is 13.4. The third-order valence-corrected chi connectivity index (χ3v) is 5.02. The molecule has 0 saturated heterocycles. The molecule has 26 heavy (non-hydrogen) atoms. The number of nitrogens with zero attached hydrogens (tertiary/aromatic N) is 3. The Morgan fingerprint density at radius 1 is 1.15 bits per heavy atom. The summed E-state index contributed by atoms with van der Waals surface area (Å²) in [7, 11) is 0. The average molecular weight is 366 g/mol. The Labute approximate surface area is 155 Å². The van der Waals surface area contributed by atoms with Crippen LogP contribution in [0.4, 0.5) is 0 Å². The molecule has 1 N–H and O–H groups in total. The molecule has 0 spiro atoms. The molecule has 6 nitrogen and oxygen atoms in total. The SMILES string of the molecule is O=C(CSc1ccc(-c2nc(-c3ccccc3)no2)cn1)NCC1CC1. The molecule has 0 bridgehead atoms. The predicted molar refractivity (Wildman–Crippen MR) is 99.4 cm³/mol. The maximum Gasteiger partial charge on any atom is 0.259 e. The molecule has 0 radical (unpaired) electrons. The minimum Gasteiger partial charge on any atom is -0.355 e. The normalized spacial score (nSPS) is 13.5. The molecule has 1 aliphatic carbocycles. The van der Waals surface area contributed by atoms with Gasteiger partial charge in [-0.1, -0.05) is 47.3 Å². The summed E-state index contributed by atoms with van der Waals surface area (Å²) in [5.74, 6) is 2.09. The zero-order chi connectivity index (χ0) is 17.8. The summed E-state index contributed by atoms with van der Waals surface area (Å²) in [5.41, 5.74) is 1.65. The molecular weight excluding hydrogens is 348 g/mol. The lowest BCUT2D eigenvalue weighted by atomic mass is 10.2. The number of carbonyl (C=O) groups is 1. The van der Waals surface area contributed by atoms with Crippen LogP contribution in [0.5, 0.6) is 0 Å². The maximum absolute atomic E-state index is 11.8. The standard InChI is InChI=1S/C19H18N4O2S/c24-16(20-10-13-6-7-13)12-26-17-9-8-15(11-21-17)19-22-18(23-25-19)14-4-2-1-3-5-14/h1-5,8-9,11,13H,6-7,10,12H2,(H,20,24). The molecule has 1 aliphatic rings. The van der Waals surface area contributed by atoms with Gasteiger partial charge in [0.05, 0.1) is 16.3 Å². The van der Waals surface area contributed by atoms with E-state index in [-0.39, 0.29) is 5.91 Å². The van der Waals surface area contributed by atoms with Crippen molar-refractivity contribution < 1.29 is 9.32 Å². The van der Waals surface area contributed by atoms with Gasteiger partial charge in [-0.15, -0.1) is 0 Å². The fraction of sp³-hybridized carbons (Fsp3) is 0.263. The summed E-state index contributed by atoms with van der Waals surface area (Å²) in [4.78, 5) is 20.6. The fourth-order valence-corrected chi connectivity index (χ4v) is 3.08. The van der Waals surface area contributed by atoms with Crippen LogP contribution in [0.15, 0.2) is 58.2 Å². The highest BCUT2D eigenvalue weighted by molar-refractivity contribution is 7.99. The Morgan fingerprint density at radius 2 is 2.00 bits per heavy atom. The number of pyridine rings is 1. The molecule has 1 amide bonds. The van der Waals surface area contributed by atoms with E-state index in [1.807, 2.05) is 42.5 Å². The van der Waals surface area contributed by atoms with E-state index < -0.39 is 0 Å². The van der Waals surface area contributed by atoms with Crippen molar-refractivity contribution in [2.75, 3.05) is 12.3 Å². The molecule has 2 aromatic heterocycles. The Bertz CT molecular complexity index is 876. The van der Waals surface area contributed by atoms with Crippen LogP contribution in [0.2, 0.25) is 0 Å². The van der Waals surface area contributed by atoms with Crippen molar-refractivity contribution in [3.63, 3.8) is 0 Å². The zero-order valence-electron chi connectivity index (χ0n) is 14.1. The Balaban J connectivity index is 1.35. The molecule has 2 heterocycles. The van der Waals surface area contributed by atoms with Crippen molar-refractivity contribution >= 4 is 17.7 Å². The van der Waals surface area contributed by atoms with Crippen LogP contribution in [0.1, 0.15) is 12.8 Å². The molecule has 1 aromatic carbocycles. The Kier molecular flexibility index (Phi) is 4.97. The van der Waals surface area contributed by atoms with E-state index in [2.05, 4.69) is 20.4 Å². The van der Waals surface area contributed by atoms with E-state index in [4.69, 9.17) is 4.52 Å². The van der Waals surface area contributed by atoms with Crippen molar-refractivity contribution in [2.45, 2.75) is 17.9 Å². The Hall–Kier alpha value is -2.67. The van der Waals surface area contributed by atoms with E-state index >= 15 is 0 Å². The van der Waals surface area contributed by atoms with Crippen molar-refractivity contribution in [3.8, 4) is 22.8 Å². The van der Waals surface area contributed by atoms with Gasteiger partial charge in [-0.3, -0.25) is 4.79 Å². The first-order valence-electron chi connectivity index (χ1n) is 8.53. The highest BCUT2D eigenvalue weighted by atomic mass is 32.2. The van der Waals surface area contributed by atoms with Crippen LogP contribution in [0, 0.1) is 5.92 Å². The number of thioether (sulfide) groups is 1. The topological polar surface area (TPSA) is 80.9 Å².